The Hall–Kier alpha value is -2.42. The van der Waals surface area contributed by atoms with Crippen LogP contribution in [0.1, 0.15) is 30.3 Å². The molecule has 0 spiro atoms. The third-order valence-electron chi connectivity index (χ3n) is 3.95. The molecule has 0 N–H and O–H groups in total. The molecule has 0 radical (unpaired) electrons. The summed E-state index contributed by atoms with van der Waals surface area (Å²) in [5, 5.41) is 12.3. The highest BCUT2D eigenvalue weighted by Gasteiger charge is 2.09. The number of aromatic nitrogens is 1. The molecular weight excluding hydrogens is 420 g/mol. The molecule has 0 atom stereocenters. The first-order valence-corrected chi connectivity index (χ1v) is 10.4. The lowest BCUT2D eigenvalue weighted by Gasteiger charge is -2.05. The summed E-state index contributed by atoms with van der Waals surface area (Å²) in [6.07, 6.45) is 4.02. The number of halogens is 1. The molecule has 0 saturated heterocycles. The summed E-state index contributed by atoms with van der Waals surface area (Å²) < 4.78 is 6.71. The standard InChI is InChI=1S/C22H19BrN2OS/c1-2-3-12-26-20-10-4-16(5-11-20)13-18(14-24)22-25-21(15-27-22)17-6-8-19(23)9-7-17/h4-11,13,15H,2-3,12H2,1H3. The van der Waals surface area contributed by atoms with Gasteiger partial charge in [0.2, 0.25) is 0 Å². The second kappa shape index (κ2) is 9.50. The van der Waals surface area contributed by atoms with Crippen molar-refractivity contribution in [1.82, 2.24) is 4.98 Å². The summed E-state index contributed by atoms with van der Waals surface area (Å²) in [4.78, 5) is 4.63. The number of nitriles is 1. The molecule has 0 aliphatic heterocycles. The van der Waals surface area contributed by atoms with E-state index in [1.165, 1.54) is 11.3 Å². The molecule has 5 heteroatoms. The lowest BCUT2D eigenvalue weighted by atomic mass is 10.1. The minimum Gasteiger partial charge on any atom is -0.494 e. The van der Waals surface area contributed by atoms with Crippen molar-refractivity contribution in [2.45, 2.75) is 19.8 Å². The summed E-state index contributed by atoms with van der Waals surface area (Å²) in [6.45, 7) is 2.87. The lowest BCUT2D eigenvalue weighted by Crippen LogP contribution is -1.95. The summed E-state index contributed by atoms with van der Waals surface area (Å²) >= 11 is 4.92. The number of allylic oxidation sites excluding steroid dienone is 1. The van der Waals surface area contributed by atoms with Gasteiger partial charge in [-0.15, -0.1) is 11.3 Å². The van der Waals surface area contributed by atoms with Gasteiger partial charge in [-0.25, -0.2) is 4.98 Å². The van der Waals surface area contributed by atoms with Gasteiger partial charge < -0.3 is 4.74 Å². The van der Waals surface area contributed by atoms with Crippen molar-refractivity contribution < 1.29 is 4.74 Å². The number of ether oxygens (including phenoxy) is 1. The van der Waals surface area contributed by atoms with Crippen molar-refractivity contribution in [2.75, 3.05) is 6.61 Å². The van der Waals surface area contributed by atoms with Gasteiger partial charge in [0.15, 0.2) is 0 Å². The van der Waals surface area contributed by atoms with Crippen LogP contribution in [0.2, 0.25) is 0 Å². The van der Waals surface area contributed by atoms with Crippen molar-refractivity contribution in [2.24, 2.45) is 0 Å². The van der Waals surface area contributed by atoms with E-state index in [2.05, 4.69) is 33.9 Å². The van der Waals surface area contributed by atoms with Crippen molar-refractivity contribution >= 4 is 38.9 Å². The Morgan fingerprint density at radius 3 is 2.59 bits per heavy atom. The minimum absolute atomic E-state index is 0.558. The quantitative estimate of drug-likeness (QED) is 0.300. The van der Waals surface area contributed by atoms with Crippen LogP contribution >= 0.6 is 27.3 Å². The van der Waals surface area contributed by atoms with Crippen LogP contribution in [0.15, 0.2) is 58.4 Å². The smallest absolute Gasteiger partial charge is 0.134 e. The number of unbranched alkanes of at least 4 members (excludes halogenated alkanes) is 1. The average molecular weight is 439 g/mol. The molecule has 3 rings (SSSR count). The van der Waals surface area contributed by atoms with E-state index in [1.54, 1.807) is 0 Å². The second-order valence-electron chi connectivity index (χ2n) is 5.99. The zero-order valence-electron chi connectivity index (χ0n) is 15.0. The third kappa shape index (κ3) is 5.29. The highest BCUT2D eigenvalue weighted by molar-refractivity contribution is 9.10. The van der Waals surface area contributed by atoms with Gasteiger partial charge in [-0.2, -0.15) is 5.26 Å². The average Bonchev–Trinajstić information content (AvgIpc) is 3.18. The van der Waals surface area contributed by atoms with E-state index in [4.69, 9.17) is 4.74 Å². The molecule has 136 valence electrons. The summed E-state index contributed by atoms with van der Waals surface area (Å²) in [7, 11) is 0. The highest BCUT2D eigenvalue weighted by atomic mass is 79.9. The minimum atomic E-state index is 0.558. The summed E-state index contributed by atoms with van der Waals surface area (Å²) in [5.74, 6) is 0.853. The molecule has 1 aromatic heterocycles. The Bertz CT molecular complexity index is 953. The monoisotopic (exact) mass is 438 g/mol. The maximum Gasteiger partial charge on any atom is 0.134 e. The van der Waals surface area contributed by atoms with Crippen LogP contribution in [0.25, 0.3) is 22.9 Å². The number of hydrogen-bond acceptors (Lipinski definition) is 4. The number of benzene rings is 2. The maximum atomic E-state index is 9.57. The second-order valence-corrected chi connectivity index (χ2v) is 7.76. The largest absolute Gasteiger partial charge is 0.494 e. The molecule has 2 aromatic carbocycles. The van der Waals surface area contributed by atoms with Crippen molar-refractivity contribution in [1.29, 1.82) is 5.26 Å². The van der Waals surface area contributed by atoms with Crippen molar-refractivity contribution in [3.63, 3.8) is 0 Å². The van der Waals surface area contributed by atoms with Gasteiger partial charge in [-0.3, -0.25) is 0 Å². The maximum absolute atomic E-state index is 9.57. The van der Waals surface area contributed by atoms with E-state index in [0.29, 0.717) is 5.57 Å². The first kappa shape index (κ1) is 19.3. The molecule has 0 aliphatic rings. The fourth-order valence-electron chi connectivity index (χ4n) is 2.45. The van der Waals surface area contributed by atoms with Crippen molar-refractivity contribution in [3.8, 4) is 23.1 Å². The summed E-state index contributed by atoms with van der Waals surface area (Å²) in [5.41, 5.74) is 3.42. The van der Waals surface area contributed by atoms with E-state index < -0.39 is 0 Å². The van der Waals surface area contributed by atoms with Crippen LogP contribution in [-0.4, -0.2) is 11.6 Å². The Balaban J connectivity index is 1.77. The Morgan fingerprint density at radius 2 is 1.93 bits per heavy atom. The first-order chi connectivity index (χ1) is 13.2. The number of nitrogens with zero attached hydrogens (tertiary/aromatic N) is 2. The van der Waals surface area contributed by atoms with Crippen molar-refractivity contribution in [3.05, 3.63) is 69.0 Å². The normalized spacial score (nSPS) is 11.2. The van der Waals surface area contributed by atoms with Crippen LogP contribution in [0, 0.1) is 11.3 Å². The first-order valence-electron chi connectivity index (χ1n) is 8.76. The fourth-order valence-corrected chi connectivity index (χ4v) is 3.51. The zero-order valence-corrected chi connectivity index (χ0v) is 17.4. The molecular formula is C22H19BrN2OS. The van der Waals surface area contributed by atoms with E-state index >= 15 is 0 Å². The number of rotatable bonds is 7. The fraction of sp³-hybridized carbons (Fsp3) is 0.182. The summed E-state index contributed by atoms with van der Waals surface area (Å²) in [6, 6.07) is 18.1. The Morgan fingerprint density at radius 1 is 1.19 bits per heavy atom. The highest BCUT2D eigenvalue weighted by Crippen LogP contribution is 2.28. The van der Waals surface area contributed by atoms with Gasteiger partial charge in [0.1, 0.15) is 16.8 Å². The number of hydrogen-bond donors (Lipinski definition) is 0. The Kier molecular flexibility index (Phi) is 6.80. The third-order valence-corrected chi connectivity index (χ3v) is 5.36. The molecule has 0 amide bonds. The van der Waals surface area contributed by atoms with Gasteiger partial charge in [-0.05, 0) is 42.3 Å². The van der Waals surface area contributed by atoms with Crippen LogP contribution in [0.3, 0.4) is 0 Å². The predicted octanol–water partition coefficient (Wildman–Crippen LogP) is 6.82. The van der Waals surface area contributed by atoms with E-state index in [-0.39, 0.29) is 0 Å². The van der Waals surface area contributed by atoms with Crippen LogP contribution in [0.4, 0.5) is 0 Å². The molecule has 1 heterocycles. The molecule has 0 unspecified atom stereocenters. The van der Waals surface area contributed by atoms with E-state index in [9.17, 15) is 5.26 Å². The molecule has 0 fully saturated rings. The van der Waals surface area contributed by atoms with Crippen LogP contribution in [-0.2, 0) is 0 Å². The molecule has 3 aromatic rings. The molecule has 3 nitrogen and oxygen atoms in total. The predicted molar refractivity (Wildman–Crippen MR) is 116 cm³/mol. The van der Waals surface area contributed by atoms with Gasteiger partial charge in [-0.1, -0.05) is 53.5 Å². The molecule has 0 saturated carbocycles. The molecule has 27 heavy (non-hydrogen) atoms. The SMILES string of the molecule is CCCCOc1ccc(C=C(C#N)c2nc(-c3ccc(Br)cc3)cs2)cc1. The van der Waals surface area contributed by atoms with E-state index in [1.807, 2.05) is 60.0 Å². The zero-order chi connectivity index (χ0) is 19.1. The van der Waals surface area contributed by atoms with Crippen LogP contribution in [0.5, 0.6) is 5.75 Å². The Labute approximate surface area is 172 Å². The van der Waals surface area contributed by atoms with Gasteiger partial charge in [0, 0.05) is 15.4 Å². The van der Waals surface area contributed by atoms with Gasteiger partial charge >= 0.3 is 0 Å². The molecule has 0 aliphatic carbocycles. The van der Waals surface area contributed by atoms with Gasteiger partial charge in [0.05, 0.1) is 17.9 Å². The van der Waals surface area contributed by atoms with E-state index in [0.717, 1.165) is 51.5 Å². The topological polar surface area (TPSA) is 45.9 Å². The molecule has 0 bridgehead atoms. The van der Waals surface area contributed by atoms with Gasteiger partial charge in [0.25, 0.3) is 0 Å². The number of thiazole rings is 1. The van der Waals surface area contributed by atoms with Crippen LogP contribution < -0.4 is 4.74 Å². The lowest BCUT2D eigenvalue weighted by molar-refractivity contribution is 0.309.